The van der Waals surface area contributed by atoms with E-state index in [1.165, 1.54) is 6.26 Å². The molecule has 6 heteroatoms. The minimum atomic E-state index is -1.01. The highest BCUT2D eigenvalue weighted by atomic mass is 16.4. The van der Waals surface area contributed by atoms with Crippen LogP contribution < -0.4 is 5.32 Å². The lowest BCUT2D eigenvalue weighted by Gasteiger charge is -2.19. The van der Waals surface area contributed by atoms with E-state index in [0.717, 1.165) is 11.8 Å². The van der Waals surface area contributed by atoms with E-state index < -0.39 is 18.1 Å². The Morgan fingerprint density at radius 2 is 2.04 bits per heavy atom. The molecule has 134 valence electrons. The minimum absolute atomic E-state index is 0.163. The summed E-state index contributed by atoms with van der Waals surface area (Å²) in [6.07, 6.45) is 3.55. The summed E-state index contributed by atoms with van der Waals surface area (Å²) in [5.74, 6) is -0.177. The molecule has 0 aliphatic carbocycles. The van der Waals surface area contributed by atoms with E-state index in [9.17, 15) is 14.7 Å². The fourth-order valence-electron chi connectivity index (χ4n) is 2.65. The van der Waals surface area contributed by atoms with Crippen LogP contribution in [0.5, 0.6) is 0 Å². The van der Waals surface area contributed by atoms with Gasteiger partial charge in [-0.25, -0.2) is 4.98 Å². The van der Waals surface area contributed by atoms with Crippen molar-refractivity contribution in [1.29, 1.82) is 0 Å². The monoisotopic (exact) mass is 344 g/mol. The number of aldehydes is 1. The lowest BCUT2D eigenvalue weighted by Crippen LogP contribution is -2.46. The van der Waals surface area contributed by atoms with Gasteiger partial charge in [0.1, 0.15) is 18.6 Å². The zero-order valence-electron chi connectivity index (χ0n) is 14.5. The number of oxazole rings is 1. The fourth-order valence-corrected chi connectivity index (χ4v) is 2.65. The molecule has 0 radical (unpaired) electrons. The minimum Gasteiger partial charge on any atom is -0.480 e. The zero-order chi connectivity index (χ0) is 18.2. The van der Waals surface area contributed by atoms with Crippen LogP contribution in [0.2, 0.25) is 0 Å². The summed E-state index contributed by atoms with van der Waals surface area (Å²) in [5.41, 5.74) is 1.63. The number of carbonyl (C=O) groups excluding carboxylic acids is 1. The molecule has 2 rings (SSSR count). The van der Waals surface area contributed by atoms with Gasteiger partial charge in [0, 0.05) is 12.8 Å². The summed E-state index contributed by atoms with van der Waals surface area (Å²) in [6, 6.07) is 8.41. The van der Waals surface area contributed by atoms with Gasteiger partial charge in [-0.05, 0) is 17.9 Å². The molecule has 0 amide bonds. The lowest BCUT2D eigenvalue weighted by molar-refractivity contribution is -0.139. The van der Waals surface area contributed by atoms with Crippen molar-refractivity contribution in [2.24, 2.45) is 5.92 Å². The van der Waals surface area contributed by atoms with Gasteiger partial charge >= 0.3 is 5.97 Å². The zero-order valence-corrected chi connectivity index (χ0v) is 14.5. The third-order valence-corrected chi connectivity index (χ3v) is 3.81. The molecule has 2 N–H and O–H groups in total. The van der Waals surface area contributed by atoms with Gasteiger partial charge < -0.3 is 14.3 Å². The summed E-state index contributed by atoms with van der Waals surface area (Å²) in [7, 11) is 0. The molecule has 2 aromatic rings. The number of rotatable bonds is 10. The molecule has 0 fully saturated rings. The van der Waals surface area contributed by atoms with Crippen LogP contribution in [-0.2, 0) is 22.4 Å². The maximum absolute atomic E-state index is 11.5. The van der Waals surface area contributed by atoms with E-state index in [4.69, 9.17) is 4.42 Å². The van der Waals surface area contributed by atoms with Gasteiger partial charge in [-0.2, -0.15) is 0 Å². The molecular formula is C19H24N2O4. The number of benzene rings is 1. The first-order chi connectivity index (χ1) is 12.0. The molecular weight excluding hydrogens is 320 g/mol. The number of nitrogens with zero attached hydrogens (tertiary/aromatic N) is 1. The number of carbonyl (C=O) groups is 2. The first-order valence-electron chi connectivity index (χ1n) is 8.39. The normalized spacial score (nSPS) is 13.6. The number of nitrogens with one attached hydrogen (secondary N) is 1. The van der Waals surface area contributed by atoms with Crippen LogP contribution in [0, 0.1) is 5.92 Å². The van der Waals surface area contributed by atoms with E-state index in [0.29, 0.717) is 30.3 Å². The third-order valence-electron chi connectivity index (χ3n) is 3.81. The maximum Gasteiger partial charge on any atom is 0.321 e. The second-order valence-electron chi connectivity index (χ2n) is 6.53. The highest BCUT2D eigenvalue weighted by Crippen LogP contribution is 2.12. The highest BCUT2D eigenvalue weighted by Gasteiger charge is 2.23. The van der Waals surface area contributed by atoms with Gasteiger partial charge in [-0.3, -0.25) is 10.1 Å². The Labute approximate surface area is 147 Å². The van der Waals surface area contributed by atoms with Crippen LogP contribution in [0.25, 0.3) is 0 Å². The Morgan fingerprint density at radius 3 is 2.64 bits per heavy atom. The van der Waals surface area contributed by atoms with Crippen LogP contribution in [0.4, 0.5) is 0 Å². The molecule has 0 bridgehead atoms. The number of hydrogen-bond donors (Lipinski definition) is 2. The summed E-state index contributed by atoms with van der Waals surface area (Å²) in [5, 5.41) is 12.3. The van der Waals surface area contributed by atoms with Crippen LogP contribution >= 0.6 is 0 Å². The number of aliphatic carboxylic acids is 1. The van der Waals surface area contributed by atoms with Crippen molar-refractivity contribution in [3.05, 3.63) is 53.7 Å². The molecule has 0 spiro atoms. The van der Waals surface area contributed by atoms with Crippen molar-refractivity contribution in [3.8, 4) is 0 Å². The van der Waals surface area contributed by atoms with Crippen molar-refractivity contribution >= 4 is 12.3 Å². The number of hydrogen-bond acceptors (Lipinski definition) is 5. The highest BCUT2D eigenvalue weighted by molar-refractivity contribution is 5.74. The topological polar surface area (TPSA) is 92.4 Å². The summed E-state index contributed by atoms with van der Waals surface area (Å²) >= 11 is 0. The van der Waals surface area contributed by atoms with Crippen LogP contribution in [-0.4, -0.2) is 34.4 Å². The van der Waals surface area contributed by atoms with Crippen LogP contribution in [0.15, 0.2) is 41.0 Å². The molecule has 1 heterocycles. The predicted octanol–water partition coefficient (Wildman–Crippen LogP) is 2.46. The largest absolute Gasteiger partial charge is 0.480 e. The summed E-state index contributed by atoms with van der Waals surface area (Å²) in [6.45, 7) is 3.98. The smallest absolute Gasteiger partial charge is 0.321 e. The molecule has 6 nitrogen and oxygen atoms in total. The molecule has 0 saturated heterocycles. The second-order valence-corrected chi connectivity index (χ2v) is 6.53. The van der Waals surface area contributed by atoms with Gasteiger partial charge in [-0.1, -0.05) is 44.2 Å². The van der Waals surface area contributed by atoms with Crippen molar-refractivity contribution < 1.29 is 19.1 Å². The summed E-state index contributed by atoms with van der Waals surface area (Å²) < 4.78 is 5.44. The van der Waals surface area contributed by atoms with Gasteiger partial charge in [0.15, 0.2) is 5.89 Å². The number of carboxylic acid groups (broad SMARTS) is 1. The predicted molar refractivity (Wildman–Crippen MR) is 93.3 cm³/mol. The maximum atomic E-state index is 11.5. The van der Waals surface area contributed by atoms with Crippen molar-refractivity contribution in [2.45, 2.75) is 45.2 Å². The molecule has 0 saturated carbocycles. The average Bonchev–Trinajstić information content (AvgIpc) is 3.00. The molecule has 1 aromatic heterocycles. The molecule has 0 unspecified atom stereocenters. The van der Waals surface area contributed by atoms with E-state index in [1.807, 2.05) is 44.2 Å². The van der Waals surface area contributed by atoms with Gasteiger partial charge in [0.25, 0.3) is 0 Å². The Balaban J connectivity index is 2.00. The van der Waals surface area contributed by atoms with E-state index >= 15 is 0 Å². The standard InChI is InChI=1S/C19H24N2O4/c1-13(2)8-15(11-22)20-17(19(23)24)10-16-12-25-18(21-16)9-14-6-4-3-5-7-14/h3-7,11-13,15,17,20H,8-10H2,1-2H3,(H,23,24)/t15-,17-/m0/s1. The fraction of sp³-hybridized carbons (Fsp3) is 0.421. The number of carboxylic acids is 1. The van der Waals surface area contributed by atoms with Crippen LogP contribution in [0.3, 0.4) is 0 Å². The van der Waals surface area contributed by atoms with Gasteiger partial charge in [0.05, 0.1) is 11.7 Å². The van der Waals surface area contributed by atoms with Crippen molar-refractivity contribution in [2.75, 3.05) is 0 Å². The number of aromatic nitrogens is 1. The first-order valence-corrected chi connectivity index (χ1v) is 8.39. The molecule has 0 aliphatic rings. The van der Waals surface area contributed by atoms with Crippen molar-refractivity contribution in [1.82, 2.24) is 10.3 Å². The lowest BCUT2D eigenvalue weighted by atomic mass is 10.0. The van der Waals surface area contributed by atoms with Crippen molar-refractivity contribution in [3.63, 3.8) is 0 Å². The molecule has 25 heavy (non-hydrogen) atoms. The Morgan fingerprint density at radius 1 is 1.32 bits per heavy atom. The third kappa shape index (κ3) is 6.15. The molecule has 1 aromatic carbocycles. The summed E-state index contributed by atoms with van der Waals surface area (Å²) in [4.78, 5) is 27.0. The van der Waals surface area contributed by atoms with E-state index in [2.05, 4.69) is 10.3 Å². The Kier molecular flexibility index (Phi) is 6.89. The quantitative estimate of drug-likeness (QED) is 0.643. The van der Waals surface area contributed by atoms with Gasteiger partial charge in [-0.15, -0.1) is 0 Å². The first kappa shape index (κ1) is 18.9. The SMILES string of the molecule is CC(C)C[C@@H](C=O)N[C@@H](Cc1coc(Cc2ccccc2)n1)C(=O)O. The van der Waals surface area contributed by atoms with E-state index in [-0.39, 0.29) is 6.42 Å². The average molecular weight is 344 g/mol. The Hall–Kier alpha value is -2.47. The molecule has 2 atom stereocenters. The van der Waals surface area contributed by atoms with E-state index in [1.54, 1.807) is 0 Å². The van der Waals surface area contributed by atoms with Gasteiger partial charge in [0.2, 0.25) is 0 Å². The Bertz CT molecular complexity index is 682. The second kappa shape index (κ2) is 9.13. The molecule has 0 aliphatic heterocycles. The van der Waals surface area contributed by atoms with Crippen LogP contribution in [0.1, 0.15) is 37.4 Å².